The molecular formula is C18H23N3O2. The van der Waals surface area contributed by atoms with Crippen molar-refractivity contribution in [3.63, 3.8) is 0 Å². The molecule has 0 radical (unpaired) electrons. The van der Waals surface area contributed by atoms with Crippen molar-refractivity contribution >= 4 is 17.2 Å². The van der Waals surface area contributed by atoms with Crippen LogP contribution in [0, 0.1) is 6.92 Å². The summed E-state index contributed by atoms with van der Waals surface area (Å²) in [5, 5.41) is 0. The fraction of sp³-hybridized carbons (Fsp3) is 0.444. The SMILES string of the molecule is Cc1nc(C2=CCCN(C(=O)OC(C)(C)C)C2)c2ccccn12. The number of rotatable bonds is 1. The molecule has 0 N–H and O–H groups in total. The lowest BCUT2D eigenvalue weighted by Gasteiger charge is -2.30. The first-order chi connectivity index (χ1) is 10.8. The van der Waals surface area contributed by atoms with E-state index in [4.69, 9.17) is 9.72 Å². The van der Waals surface area contributed by atoms with Crippen LogP contribution in [0.15, 0.2) is 30.5 Å². The van der Waals surface area contributed by atoms with Gasteiger partial charge < -0.3 is 14.0 Å². The highest BCUT2D eigenvalue weighted by molar-refractivity contribution is 5.80. The molecule has 5 heteroatoms. The minimum Gasteiger partial charge on any atom is -0.444 e. The van der Waals surface area contributed by atoms with Crippen LogP contribution in [0.25, 0.3) is 11.1 Å². The van der Waals surface area contributed by atoms with E-state index in [0.29, 0.717) is 13.1 Å². The molecule has 23 heavy (non-hydrogen) atoms. The summed E-state index contributed by atoms with van der Waals surface area (Å²) in [7, 11) is 0. The molecule has 0 atom stereocenters. The zero-order valence-corrected chi connectivity index (χ0v) is 14.2. The number of ether oxygens (including phenoxy) is 1. The zero-order chi connectivity index (χ0) is 16.6. The van der Waals surface area contributed by atoms with Crippen LogP contribution in [0.4, 0.5) is 4.79 Å². The summed E-state index contributed by atoms with van der Waals surface area (Å²) in [6.45, 7) is 8.87. The van der Waals surface area contributed by atoms with Crippen molar-refractivity contribution in [3.8, 4) is 0 Å². The van der Waals surface area contributed by atoms with Gasteiger partial charge in [-0.2, -0.15) is 0 Å². The van der Waals surface area contributed by atoms with Gasteiger partial charge >= 0.3 is 6.09 Å². The molecule has 3 rings (SSSR count). The van der Waals surface area contributed by atoms with Crippen LogP contribution in [0.5, 0.6) is 0 Å². The van der Waals surface area contributed by atoms with Crippen LogP contribution in [0.2, 0.25) is 0 Å². The Bertz CT molecular complexity index is 768. The van der Waals surface area contributed by atoms with Crippen LogP contribution in [-0.4, -0.2) is 39.1 Å². The van der Waals surface area contributed by atoms with E-state index >= 15 is 0 Å². The van der Waals surface area contributed by atoms with Crippen LogP contribution < -0.4 is 0 Å². The smallest absolute Gasteiger partial charge is 0.410 e. The second kappa shape index (κ2) is 5.72. The lowest BCUT2D eigenvalue weighted by molar-refractivity contribution is 0.0273. The van der Waals surface area contributed by atoms with Crippen molar-refractivity contribution in [3.05, 3.63) is 42.0 Å². The third-order valence-corrected chi connectivity index (χ3v) is 3.83. The van der Waals surface area contributed by atoms with Crippen LogP contribution in [0.3, 0.4) is 0 Å². The van der Waals surface area contributed by atoms with E-state index in [2.05, 4.69) is 16.5 Å². The molecule has 0 spiro atoms. The van der Waals surface area contributed by atoms with E-state index in [-0.39, 0.29) is 6.09 Å². The third kappa shape index (κ3) is 3.23. The number of aromatic nitrogens is 2. The summed E-state index contributed by atoms with van der Waals surface area (Å²) < 4.78 is 7.56. The summed E-state index contributed by atoms with van der Waals surface area (Å²) in [6, 6.07) is 6.06. The molecule has 1 amide bonds. The summed E-state index contributed by atoms with van der Waals surface area (Å²) in [4.78, 5) is 18.8. The van der Waals surface area contributed by atoms with Crippen LogP contribution in [-0.2, 0) is 4.74 Å². The maximum atomic E-state index is 12.3. The van der Waals surface area contributed by atoms with Crippen molar-refractivity contribution in [2.75, 3.05) is 13.1 Å². The summed E-state index contributed by atoms with van der Waals surface area (Å²) in [5.74, 6) is 0.950. The molecule has 0 aromatic carbocycles. The van der Waals surface area contributed by atoms with Crippen LogP contribution in [0.1, 0.15) is 38.7 Å². The van der Waals surface area contributed by atoms with E-state index in [9.17, 15) is 4.79 Å². The Morgan fingerprint density at radius 1 is 1.30 bits per heavy atom. The second-order valence-corrected chi connectivity index (χ2v) is 6.88. The van der Waals surface area contributed by atoms with Gasteiger partial charge in [-0.25, -0.2) is 9.78 Å². The fourth-order valence-corrected chi connectivity index (χ4v) is 2.83. The quantitative estimate of drug-likeness (QED) is 0.807. The number of nitrogens with zero attached hydrogens (tertiary/aromatic N) is 3. The highest BCUT2D eigenvalue weighted by Crippen LogP contribution is 2.25. The molecule has 0 aliphatic carbocycles. The molecule has 5 nitrogen and oxygen atoms in total. The molecular weight excluding hydrogens is 290 g/mol. The number of pyridine rings is 1. The monoisotopic (exact) mass is 313 g/mol. The Hall–Kier alpha value is -2.30. The topological polar surface area (TPSA) is 46.8 Å². The van der Waals surface area contributed by atoms with Gasteiger partial charge in [-0.1, -0.05) is 12.1 Å². The number of imidazole rings is 1. The first-order valence-electron chi connectivity index (χ1n) is 7.96. The Balaban J connectivity index is 1.86. The average molecular weight is 313 g/mol. The van der Waals surface area contributed by atoms with Gasteiger partial charge in [-0.05, 0) is 51.8 Å². The Morgan fingerprint density at radius 2 is 2.09 bits per heavy atom. The van der Waals surface area contributed by atoms with E-state index in [1.807, 2.05) is 46.0 Å². The maximum absolute atomic E-state index is 12.3. The molecule has 2 aromatic rings. The number of carbonyl (C=O) groups excluding carboxylic acids is 1. The lowest BCUT2D eigenvalue weighted by Crippen LogP contribution is -2.39. The summed E-state index contributed by atoms with van der Waals surface area (Å²) in [5.41, 5.74) is 2.63. The minimum atomic E-state index is -0.476. The van der Waals surface area contributed by atoms with Crippen LogP contribution >= 0.6 is 0 Å². The average Bonchev–Trinajstić information content (AvgIpc) is 2.83. The van der Waals surface area contributed by atoms with Gasteiger partial charge in [0.05, 0.1) is 17.8 Å². The number of aryl methyl sites for hydroxylation is 1. The van der Waals surface area contributed by atoms with Crippen molar-refractivity contribution < 1.29 is 9.53 Å². The second-order valence-electron chi connectivity index (χ2n) is 6.88. The van der Waals surface area contributed by atoms with Crippen molar-refractivity contribution in [2.45, 2.75) is 39.7 Å². The third-order valence-electron chi connectivity index (χ3n) is 3.83. The van der Waals surface area contributed by atoms with Gasteiger partial charge in [0.25, 0.3) is 0 Å². The molecule has 0 unspecified atom stereocenters. The van der Waals surface area contributed by atoms with E-state index in [0.717, 1.165) is 29.0 Å². The number of hydrogen-bond donors (Lipinski definition) is 0. The van der Waals surface area contributed by atoms with Gasteiger partial charge in [0, 0.05) is 12.7 Å². The standard InChI is InChI=1S/C18H23N3O2/c1-13-19-16(15-9-5-6-11-21(13)15)14-8-7-10-20(12-14)17(22)23-18(2,3)4/h5-6,8-9,11H,7,10,12H2,1-4H3. The lowest BCUT2D eigenvalue weighted by atomic mass is 10.1. The van der Waals surface area contributed by atoms with Crippen molar-refractivity contribution in [1.29, 1.82) is 0 Å². The Kier molecular flexibility index (Phi) is 3.88. The Labute approximate surface area is 136 Å². The van der Waals surface area contributed by atoms with E-state index < -0.39 is 5.60 Å². The predicted octanol–water partition coefficient (Wildman–Crippen LogP) is 3.67. The zero-order valence-electron chi connectivity index (χ0n) is 14.2. The predicted molar refractivity (Wildman–Crippen MR) is 90.3 cm³/mol. The molecule has 122 valence electrons. The first-order valence-corrected chi connectivity index (χ1v) is 7.96. The molecule has 0 fully saturated rings. The molecule has 1 aliphatic rings. The van der Waals surface area contributed by atoms with E-state index in [1.165, 1.54) is 0 Å². The number of amides is 1. The normalized spacial score (nSPS) is 15.7. The van der Waals surface area contributed by atoms with Gasteiger partial charge in [0.1, 0.15) is 11.4 Å². The van der Waals surface area contributed by atoms with Crippen molar-refractivity contribution in [2.24, 2.45) is 0 Å². The summed E-state index contributed by atoms with van der Waals surface area (Å²) >= 11 is 0. The van der Waals surface area contributed by atoms with Gasteiger partial charge in [0.2, 0.25) is 0 Å². The Morgan fingerprint density at radius 3 is 2.83 bits per heavy atom. The molecule has 0 bridgehead atoms. The molecule has 2 aromatic heterocycles. The van der Waals surface area contributed by atoms with Gasteiger partial charge in [-0.15, -0.1) is 0 Å². The first kappa shape index (κ1) is 15.6. The maximum Gasteiger partial charge on any atom is 0.410 e. The van der Waals surface area contributed by atoms with E-state index in [1.54, 1.807) is 4.90 Å². The van der Waals surface area contributed by atoms with Gasteiger partial charge in [-0.3, -0.25) is 0 Å². The van der Waals surface area contributed by atoms with Gasteiger partial charge in [0.15, 0.2) is 0 Å². The minimum absolute atomic E-state index is 0.261. The highest BCUT2D eigenvalue weighted by Gasteiger charge is 2.26. The number of hydrogen-bond acceptors (Lipinski definition) is 3. The highest BCUT2D eigenvalue weighted by atomic mass is 16.6. The van der Waals surface area contributed by atoms with Crippen molar-refractivity contribution in [1.82, 2.24) is 14.3 Å². The molecule has 0 saturated carbocycles. The largest absolute Gasteiger partial charge is 0.444 e. The number of carbonyl (C=O) groups is 1. The molecule has 3 heterocycles. The molecule has 0 saturated heterocycles. The number of fused-ring (bicyclic) bond motifs is 1. The fourth-order valence-electron chi connectivity index (χ4n) is 2.83. The molecule has 1 aliphatic heterocycles. The summed E-state index contributed by atoms with van der Waals surface area (Å²) in [6.07, 6.45) is 4.74.